The zero-order chi connectivity index (χ0) is 13.7. The summed E-state index contributed by atoms with van der Waals surface area (Å²) < 4.78 is 2.40. The molecule has 5 heteroatoms. The van der Waals surface area contributed by atoms with Gasteiger partial charge in [-0.15, -0.1) is 11.3 Å². The minimum Gasteiger partial charge on any atom is -0.323 e. The summed E-state index contributed by atoms with van der Waals surface area (Å²) in [6.07, 6.45) is 3.45. The van der Waals surface area contributed by atoms with Crippen LogP contribution in [0.4, 0.5) is 0 Å². The third-order valence-corrected chi connectivity index (χ3v) is 5.56. The molecule has 2 atom stereocenters. The van der Waals surface area contributed by atoms with Crippen molar-refractivity contribution < 1.29 is 0 Å². The second-order valence-electron chi connectivity index (χ2n) is 5.44. The van der Waals surface area contributed by atoms with E-state index < -0.39 is 0 Å². The topological polar surface area (TPSA) is 37.8 Å². The minimum atomic E-state index is 0.101. The van der Waals surface area contributed by atoms with Crippen molar-refractivity contribution in [3.05, 3.63) is 25.6 Å². The Bertz CT molecular complexity index is 753. The highest BCUT2D eigenvalue weighted by molar-refractivity contribution is 7.71. The fourth-order valence-corrected chi connectivity index (χ4v) is 4.31. The Morgan fingerprint density at radius 2 is 2.21 bits per heavy atom. The van der Waals surface area contributed by atoms with Gasteiger partial charge in [0.25, 0.3) is 5.56 Å². The first-order valence-electron chi connectivity index (χ1n) is 6.79. The predicted molar refractivity (Wildman–Crippen MR) is 82.8 cm³/mol. The number of nitrogens with zero attached hydrogens (tertiary/aromatic N) is 1. The third-order valence-electron chi connectivity index (χ3n) is 4.13. The van der Waals surface area contributed by atoms with Crippen molar-refractivity contribution in [2.75, 3.05) is 0 Å². The van der Waals surface area contributed by atoms with Gasteiger partial charge in [0, 0.05) is 10.9 Å². The van der Waals surface area contributed by atoms with E-state index in [1.165, 1.54) is 17.7 Å². The van der Waals surface area contributed by atoms with Gasteiger partial charge < -0.3 is 4.98 Å². The number of aromatic amines is 1. The van der Waals surface area contributed by atoms with Gasteiger partial charge in [-0.25, -0.2) is 0 Å². The number of hydrogen-bond acceptors (Lipinski definition) is 3. The highest BCUT2D eigenvalue weighted by atomic mass is 32.1. The molecule has 1 fully saturated rings. The van der Waals surface area contributed by atoms with Gasteiger partial charge in [0.05, 0.1) is 5.39 Å². The first kappa shape index (κ1) is 13.1. The van der Waals surface area contributed by atoms with E-state index in [-0.39, 0.29) is 5.56 Å². The van der Waals surface area contributed by atoms with Crippen LogP contribution in [0.2, 0.25) is 0 Å². The maximum atomic E-state index is 12.7. The van der Waals surface area contributed by atoms with Gasteiger partial charge in [0.15, 0.2) is 4.77 Å². The molecule has 3 nitrogen and oxygen atoms in total. The second-order valence-corrected chi connectivity index (χ2v) is 7.06. The fourth-order valence-electron chi connectivity index (χ4n) is 2.87. The normalized spacial score (nSPS) is 22.1. The summed E-state index contributed by atoms with van der Waals surface area (Å²) in [6, 6.07) is 0.320. The predicted octanol–water partition coefficient (Wildman–Crippen LogP) is 4.10. The molecular weight excluding hydrogens is 276 g/mol. The van der Waals surface area contributed by atoms with Crippen LogP contribution < -0.4 is 5.56 Å². The molecule has 2 aromatic heterocycles. The van der Waals surface area contributed by atoms with Crippen LogP contribution in [-0.4, -0.2) is 9.55 Å². The summed E-state index contributed by atoms with van der Waals surface area (Å²) in [6.45, 7) is 6.26. The Labute approximate surface area is 121 Å². The zero-order valence-corrected chi connectivity index (χ0v) is 13.1. The number of rotatable bonds is 3. The van der Waals surface area contributed by atoms with Crippen molar-refractivity contribution in [2.45, 2.75) is 46.1 Å². The number of thiophene rings is 1. The van der Waals surface area contributed by atoms with Gasteiger partial charge in [-0.05, 0) is 50.4 Å². The van der Waals surface area contributed by atoms with Crippen LogP contribution in [0.15, 0.2) is 4.79 Å². The standard InChI is InChI=1S/C14H18N2OS2/c1-4-5-9-6-10(9)16-13(17)11-7(2)8(3)19-12(11)15-14(16)18/h9-10H,4-6H2,1-3H3,(H,15,18). The molecule has 2 unspecified atom stereocenters. The van der Waals surface area contributed by atoms with E-state index in [9.17, 15) is 4.79 Å². The van der Waals surface area contributed by atoms with Crippen LogP contribution in [0.5, 0.6) is 0 Å². The molecule has 0 amide bonds. The molecule has 0 saturated heterocycles. The van der Waals surface area contributed by atoms with Crippen molar-refractivity contribution in [2.24, 2.45) is 5.92 Å². The van der Waals surface area contributed by atoms with E-state index in [1.54, 1.807) is 11.3 Å². The molecule has 0 spiro atoms. The Morgan fingerprint density at radius 1 is 1.47 bits per heavy atom. The Morgan fingerprint density at radius 3 is 2.89 bits per heavy atom. The molecule has 3 rings (SSSR count). The van der Waals surface area contributed by atoms with Crippen LogP contribution >= 0.6 is 23.6 Å². The van der Waals surface area contributed by atoms with Gasteiger partial charge in [-0.1, -0.05) is 13.3 Å². The average Bonchev–Trinajstić information content (AvgIpc) is 3.01. The van der Waals surface area contributed by atoms with Gasteiger partial charge in [0.2, 0.25) is 0 Å². The Balaban J connectivity index is 2.19. The van der Waals surface area contributed by atoms with Gasteiger partial charge >= 0.3 is 0 Å². The molecular formula is C14H18N2OS2. The molecule has 102 valence electrons. The molecule has 2 heterocycles. The zero-order valence-electron chi connectivity index (χ0n) is 11.4. The highest BCUT2D eigenvalue weighted by Gasteiger charge is 2.39. The second kappa shape index (κ2) is 4.56. The first-order chi connectivity index (χ1) is 9.04. The van der Waals surface area contributed by atoms with Crippen molar-refractivity contribution in [1.29, 1.82) is 0 Å². The number of fused-ring (bicyclic) bond motifs is 1. The number of hydrogen-bond donors (Lipinski definition) is 1. The molecule has 0 radical (unpaired) electrons. The van der Waals surface area contributed by atoms with Gasteiger partial charge in [-0.2, -0.15) is 0 Å². The SMILES string of the molecule is CCCC1CC1n1c(=S)[nH]c2sc(C)c(C)c2c1=O. The summed E-state index contributed by atoms with van der Waals surface area (Å²) in [5.41, 5.74) is 1.20. The molecule has 1 N–H and O–H groups in total. The summed E-state index contributed by atoms with van der Waals surface area (Å²) >= 11 is 7.01. The lowest BCUT2D eigenvalue weighted by Crippen LogP contribution is -2.21. The number of aryl methyl sites for hydroxylation is 2. The largest absolute Gasteiger partial charge is 0.323 e. The van der Waals surface area contributed by atoms with Gasteiger partial charge in [-0.3, -0.25) is 9.36 Å². The summed E-state index contributed by atoms with van der Waals surface area (Å²) in [4.78, 5) is 18.1. The lowest BCUT2D eigenvalue weighted by Gasteiger charge is -2.06. The van der Waals surface area contributed by atoms with E-state index in [0.717, 1.165) is 22.2 Å². The van der Waals surface area contributed by atoms with E-state index in [2.05, 4.69) is 18.8 Å². The van der Waals surface area contributed by atoms with Crippen molar-refractivity contribution in [3.8, 4) is 0 Å². The molecule has 1 saturated carbocycles. The maximum Gasteiger partial charge on any atom is 0.263 e. The monoisotopic (exact) mass is 294 g/mol. The Kier molecular flexibility index (Phi) is 3.14. The highest BCUT2D eigenvalue weighted by Crippen LogP contribution is 2.45. The number of H-pyrrole nitrogens is 1. The first-order valence-corrected chi connectivity index (χ1v) is 8.01. The summed E-state index contributed by atoms with van der Waals surface area (Å²) in [5, 5.41) is 0.832. The maximum absolute atomic E-state index is 12.7. The van der Waals surface area contributed by atoms with E-state index in [4.69, 9.17) is 12.2 Å². The quantitative estimate of drug-likeness (QED) is 0.865. The smallest absolute Gasteiger partial charge is 0.263 e. The average molecular weight is 294 g/mol. The fraction of sp³-hybridized carbons (Fsp3) is 0.571. The molecule has 1 aliphatic rings. The molecule has 0 aliphatic heterocycles. The van der Waals surface area contributed by atoms with E-state index >= 15 is 0 Å². The van der Waals surface area contributed by atoms with Gasteiger partial charge in [0.1, 0.15) is 4.83 Å². The Hall–Kier alpha value is -0.940. The van der Waals surface area contributed by atoms with Crippen LogP contribution in [-0.2, 0) is 0 Å². The third kappa shape index (κ3) is 1.99. The van der Waals surface area contributed by atoms with E-state index in [1.807, 2.05) is 11.5 Å². The minimum absolute atomic E-state index is 0.101. The number of aromatic nitrogens is 2. The van der Waals surface area contributed by atoms with Crippen LogP contribution in [0, 0.1) is 24.5 Å². The molecule has 0 bridgehead atoms. The lowest BCUT2D eigenvalue weighted by atomic mass is 10.2. The molecule has 19 heavy (non-hydrogen) atoms. The van der Waals surface area contributed by atoms with Crippen molar-refractivity contribution in [1.82, 2.24) is 9.55 Å². The van der Waals surface area contributed by atoms with E-state index in [0.29, 0.717) is 16.7 Å². The molecule has 0 aromatic carbocycles. The summed E-state index contributed by atoms with van der Waals surface area (Å²) in [5.74, 6) is 0.635. The molecule has 1 aliphatic carbocycles. The number of nitrogens with one attached hydrogen (secondary N) is 1. The van der Waals surface area contributed by atoms with Crippen molar-refractivity contribution in [3.63, 3.8) is 0 Å². The van der Waals surface area contributed by atoms with Crippen LogP contribution in [0.3, 0.4) is 0 Å². The van der Waals surface area contributed by atoms with Crippen molar-refractivity contribution >= 4 is 33.8 Å². The van der Waals surface area contributed by atoms with Crippen LogP contribution in [0.1, 0.15) is 42.7 Å². The molecule has 2 aromatic rings. The summed E-state index contributed by atoms with van der Waals surface area (Å²) in [7, 11) is 0. The van der Waals surface area contributed by atoms with Crippen LogP contribution in [0.25, 0.3) is 10.2 Å². The lowest BCUT2D eigenvalue weighted by molar-refractivity contribution is 0.585.